The summed E-state index contributed by atoms with van der Waals surface area (Å²) in [6, 6.07) is 0. The van der Waals surface area contributed by atoms with Crippen LogP contribution in [0.3, 0.4) is 0 Å². The molecule has 2 rings (SSSR count). The number of aliphatic hydroxyl groups excluding tert-OH is 1. The minimum Gasteiger partial charge on any atom is -0.393 e. The first-order valence-corrected chi connectivity index (χ1v) is 7.82. The maximum atomic E-state index is 11.9. The van der Waals surface area contributed by atoms with E-state index >= 15 is 0 Å². The van der Waals surface area contributed by atoms with Gasteiger partial charge in [0.2, 0.25) is 0 Å². The Morgan fingerprint density at radius 3 is 2.84 bits per heavy atom. The molecule has 0 atom stereocenters. The summed E-state index contributed by atoms with van der Waals surface area (Å²) in [6.45, 7) is 5.62. The molecule has 5 heteroatoms. The largest absolute Gasteiger partial charge is 0.393 e. The Bertz CT molecular complexity index is 411. The molecule has 0 aromatic carbocycles. The van der Waals surface area contributed by atoms with E-state index in [1.54, 1.807) is 11.3 Å². The third-order valence-electron chi connectivity index (χ3n) is 3.59. The van der Waals surface area contributed by atoms with Crippen molar-refractivity contribution in [1.82, 2.24) is 10.2 Å². The van der Waals surface area contributed by atoms with Crippen LogP contribution in [0.5, 0.6) is 0 Å². The second-order valence-electron chi connectivity index (χ2n) is 5.15. The van der Waals surface area contributed by atoms with Crippen LogP contribution in [0.25, 0.3) is 0 Å². The van der Waals surface area contributed by atoms with Gasteiger partial charge in [-0.15, -0.1) is 0 Å². The van der Waals surface area contributed by atoms with Crippen LogP contribution in [-0.2, 0) is 0 Å². The fourth-order valence-electron chi connectivity index (χ4n) is 2.34. The molecular formula is C14H22N2O2S. The van der Waals surface area contributed by atoms with Crippen molar-refractivity contribution < 1.29 is 9.90 Å². The van der Waals surface area contributed by atoms with E-state index in [1.165, 1.54) is 0 Å². The van der Waals surface area contributed by atoms with Crippen molar-refractivity contribution in [3.05, 3.63) is 21.9 Å². The molecule has 1 fully saturated rings. The van der Waals surface area contributed by atoms with Crippen molar-refractivity contribution in [1.29, 1.82) is 0 Å². The topological polar surface area (TPSA) is 52.6 Å². The van der Waals surface area contributed by atoms with Crippen molar-refractivity contribution in [3.8, 4) is 0 Å². The first-order chi connectivity index (χ1) is 9.16. The van der Waals surface area contributed by atoms with Gasteiger partial charge in [0.1, 0.15) is 0 Å². The van der Waals surface area contributed by atoms with Crippen molar-refractivity contribution in [2.45, 2.75) is 32.3 Å². The lowest BCUT2D eigenvalue weighted by atomic mass is 10.1. The molecule has 2 heterocycles. The molecule has 2 N–H and O–H groups in total. The Labute approximate surface area is 118 Å². The molecule has 1 aromatic heterocycles. The molecule has 0 radical (unpaired) electrons. The van der Waals surface area contributed by atoms with Crippen LogP contribution in [0.4, 0.5) is 0 Å². The number of hydrogen-bond acceptors (Lipinski definition) is 4. The standard InChI is InChI=1S/C14H22N2O2S/c1-11-9-19-10-13(11)14(18)15-5-2-6-16-7-3-12(17)4-8-16/h9-10,12,17H,2-8H2,1H3,(H,15,18). The summed E-state index contributed by atoms with van der Waals surface area (Å²) >= 11 is 1.56. The zero-order chi connectivity index (χ0) is 13.7. The van der Waals surface area contributed by atoms with Gasteiger partial charge in [-0.05, 0) is 43.7 Å². The number of carbonyl (C=O) groups excluding carboxylic acids is 1. The molecule has 19 heavy (non-hydrogen) atoms. The van der Waals surface area contributed by atoms with Crippen molar-refractivity contribution in [2.24, 2.45) is 0 Å². The molecule has 0 spiro atoms. The molecule has 4 nitrogen and oxygen atoms in total. The number of aliphatic hydroxyl groups is 1. The minimum atomic E-state index is -0.113. The summed E-state index contributed by atoms with van der Waals surface area (Å²) < 4.78 is 0. The van der Waals surface area contributed by atoms with Gasteiger partial charge in [0.05, 0.1) is 11.7 Å². The maximum absolute atomic E-state index is 11.9. The van der Waals surface area contributed by atoms with E-state index in [2.05, 4.69) is 10.2 Å². The van der Waals surface area contributed by atoms with E-state index in [0.717, 1.165) is 50.0 Å². The summed E-state index contributed by atoms with van der Waals surface area (Å²) in [4.78, 5) is 14.2. The first kappa shape index (κ1) is 14.5. The first-order valence-electron chi connectivity index (χ1n) is 6.88. The molecule has 1 aliphatic rings. The molecule has 1 aliphatic heterocycles. The summed E-state index contributed by atoms with van der Waals surface area (Å²) in [5.74, 6) is 0.0350. The van der Waals surface area contributed by atoms with Crippen LogP contribution < -0.4 is 5.32 Å². The average Bonchev–Trinajstić information content (AvgIpc) is 2.83. The molecule has 1 amide bonds. The lowest BCUT2D eigenvalue weighted by Gasteiger charge is -2.29. The molecule has 0 unspecified atom stereocenters. The number of nitrogens with zero attached hydrogens (tertiary/aromatic N) is 1. The van der Waals surface area contributed by atoms with Gasteiger partial charge < -0.3 is 15.3 Å². The van der Waals surface area contributed by atoms with E-state index in [9.17, 15) is 9.90 Å². The van der Waals surface area contributed by atoms with Gasteiger partial charge in [0.15, 0.2) is 0 Å². The highest BCUT2D eigenvalue weighted by Crippen LogP contribution is 2.13. The number of thiophene rings is 1. The second kappa shape index (κ2) is 7.03. The second-order valence-corrected chi connectivity index (χ2v) is 5.89. The monoisotopic (exact) mass is 282 g/mol. The number of aryl methyl sites for hydroxylation is 1. The highest BCUT2D eigenvalue weighted by atomic mass is 32.1. The van der Waals surface area contributed by atoms with Gasteiger partial charge in [0, 0.05) is 25.0 Å². The number of likely N-dealkylation sites (tertiary alicyclic amines) is 1. The fraction of sp³-hybridized carbons (Fsp3) is 0.643. The lowest BCUT2D eigenvalue weighted by Crippen LogP contribution is -2.37. The van der Waals surface area contributed by atoms with E-state index in [1.807, 2.05) is 17.7 Å². The quantitative estimate of drug-likeness (QED) is 0.807. The molecule has 1 saturated heterocycles. The van der Waals surface area contributed by atoms with Crippen LogP contribution in [0.1, 0.15) is 35.2 Å². The van der Waals surface area contributed by atoms with E-state index < -0.39 is 0 Å². The smallest absolute Gasteiger partial charge is 0.252 e. The predicted octanol–water partition coefficient (Wildman–Crippen LogP) is 1.63. The summed E-state index contributed by atoms with van der Waals surface area (Å²) in [5, 5.41) is 16.3. The summed E-state index contributed by atoms with van der Waals surface area (Å²) in [7, 11) is 0. The van der Waals surface area contributed by atoms with Crippen LogP contribution in [-0.4, -0.2) is 48.2 Å². The Balaban J connectivity index is 1.62. The molecule has 106 valence electrons. The average molecular weight is 282 g/mol. The number of nitrogens with one attached hydrogen (secondary N) is 1. The normalized spacial score (nSPS) is 17.6. The molecular weight excluding hydrogens is 260 g/mol. The van der Waals surface area contributed by atoms with Gasteiger partial charge >= 0.3 is 0 Å². The van der Waals surface area contributed by atoms with Crippen LogP contribution in [0, 0.1) is 6.92 Å². The van der Waals surface area contributed by atoms with Gasteiger partial charge in [-0.2, -0.15) is 11.3 Å². The Kier molecular flexibility index (Phi) is 5.36. The highest BCUT2D eigenvalue weighted by Gasteiger charge is 2.16. The molecule has 0 bridgehead atoms. The number of rotatable bonds is 5. The van der Waals surface area contributed by atoms with Crippen molar-refractivity contribution in [2.75, 3.05) is 26.2 Å². The zero-order valence-electron chi connectivity index (χ0n) is 11.4. The van der Waals surface area contributed by atoms with Crippen molar-refractivity contribution in [3.63, 3.8) is 0 Å². The molecule has 0 saturated carbocycles. The third kappa shape index (κ3) is 4.30. The van der Waals surface area contributed by atoms with E-state index in [4.69, 9.17) is 0 Å². The van der Waals surface area contributed by atoms with E-state index in [0.29, 0.717) is 6.54 Å². The lowest BCUT2D eigenvalue weighted by molar-refractivity contribution is 0.0816. The number of piperidine rings is 1. The van der Waals surface area contributed by atoms with Crippen LogP contribution >= 0.6 is 11.3 Å². The van der Waals surface area contributed by atoms with Gasteiger partial charge in [0.25, 0.3) is 5.91 Å². The maximum Gasteiger partial charge on any atom is 0.252 e. The molecule has 0 aliphatic carbocycles. The van der Waals surface area contributed by atoms with Crippen LogP contribution in [0.15, 0.2) is 10.8 Å². The van der Waals surface area contributed by atoms with Crippen molar-refractivity contribution >= 4 is 17.2 Å². The zero-order valence-corrected chi connectivity index (χ0v) is 12.2. The van der Waals surface area contributed by atoms with Gasteiger partial charge in [-0.25, -0.2) is 0 Å². The van der Waals surface area contributed by atoms with E-state index in [-0.39, 0.29) is 12.0 Å². The summed E-state index contributed by atoms with van der Waals surface area (Å²) in [5.41, 5.74) is 1.85. The number of carbonyl (C=O) groups is 1. The molecule has 1 aromatic rings. The number of hydrogen-bond donors (Lipinski definition) is 2. The Hall–Kier alpha value is -0.910. The SMILES string of the molecule is Cc1cscc1C(=O)NCCCN1CCC(O)CC1. The fourth-order valence-corrected chi connectivity index (χ4v) is 3.16. The number of amides is 1. The minimum absolute atomic E-state index is 0.0350. The third-order valence-corrected chi connectivity index (χ3v) is 4.46. The Morgan fingerprint density at radius 1 is 1.47 bits per heavy atom. The van der Waals surface area contributed by atoms with Gasteiger partial charge in [-0.3, -0.25) is 4.79 Å². The highest BCUT2D eigenvalue weighted by molar-refractivity contribution is 7.08. The van der Waals surface area contributed by atoms with Gasteiger partial charge in [-0.1, -0.05) is 0 Å². The van der Waals surface area contributed by atoms with Crippen LogP contribution in [0.2, 0.25) is 0 Å². The summed E-state index contributed by atoms with van der Waals surface area (Å²) in [6.07, 6.45) is 2.60. The Morgan fingerprint density at radius 2 is 2.21 bits per heavy atom. The predicted molar refractivity (Wildman–Crippen MR) is 77.7 cm³/mol.